The average Bonchev–Trinajstić information content (AvgIpc) is 3.35. The fourth-order valence-corrected chi connectivity index (χ4v) is 20.4. The molecule has 1 aliphatic rings. The maximum absolute atomic E-state index is 2.75. The second-order valence-corrected chi connectivity index (χ2v) is 26.5. The Labute approximate surface area is 242 Å². The number of hydrogen-bond donors (Lipinski definition) is 0. The zero-order chi connectivity index (χ0) is 22.7. The maximum atomic E-state index is 2.75. The Morgan fingerprint density at radius 3 is 1.54 bits per heavy atom. The first-order valence-electron chi connectivity index (χ1n) is 14.1. The molecule has 204 valence electrons. The van der Waals surface area contributed by atoms with E-state index >= 15 is 0 Å². The van der Waals surface area contributed by atoms with E-state index in [9.17, 15) is 0 Å². The molecule has 1 aromatic carbocycles. The molecule has 0 radical (unpaired) electrons. The summed E-state index contributed by atoms with van der Waals surface area (Å²) in [5.74, 6) is 0. The Morgan fingerprint density at radius 1 is 0.657 bits per heavy atom. The first-order valence-corrected chi connectivity index (χ1v) is 22.3. The second kappa shape index (κ2) is 24.8. The van der Waals surface area contributed by atoms with Crippen molar-refractivity contribution in [3.8, 4) is 0 Å². The van der Waals surface area contributed by atoms with Crippen molar-refractivity contribution < 1.29 is 15.8 Å². The van der Waals surface area contributed by atoms with Crippen LogP contribution >= 0.6 is 37.2 Å². The molecule has 0 amide bonds. The number of rotatable bonds is 20. The molecule has 1 unspecified atom stereocenters. The van der Waals surface area contributed by atoms with Crippen LogP contribution in [-0.4, -0.2) is 7.39 Å². The Hall–Kier alpha value is 0.501. The molecule has 1 aromatic rings. The molecule has 0 heterocycles. The van der Waals surface area contributed by atoms with Crippen LogP contribution in [0.25, 0.3) is 0 Å². The zero-order valence-corrected chi connectivity index (χ0v) is 28.2. The van der Waals surface area contributed by atoms with Gasteiger partial charge in [0.2, 0.25) is 0 Å². The van der Waals surface area contributed by atoms with Crippen molar-refractivity contribution >= 4 is 49.8 Å². The minimum atomic E-state index is -1.82. The van der Waals surface area contributed by atoms with Gasteiger partial charge in [0.1, 0.15) is 0 Å². The van der Waals surface area contributed by atoms with E-state index in [2.05, 4.69) is 60.7 Å². The Balaban J connectivity index is 0. The van der Waals surface area contributed by atoms with Gasteiger partial charge in [0.15, 0.2) is 0 Å². The van der Waals surface area contributed by atoms with Gasteiger partial charge in [0.05, 0.1) is 0 Å². The molecule has 0 aromatic heterocycles. The predicted octanol–water partition coefficient (Wildman–Crippen LogP) is 10.4. The Morgan fingerprint density at radius 2 is 1.11 bits per heavy atom. The quantitative estimate of drug-likeness (QED) is 0.104. The number of benzene rings is 1. The molecule has 0 saturated carbocycles. The van der Waals surface area contributed by atoms with Crippen molar-refractivity contribution in [2.75, 3.05) is 0 Å². The van der Waals surface area contributed by atoms with Crippen LogP contribution in [0.5, 0.6) is 0 Å². The number of hydrogen-bond acceptors (Lipinski definition) is 0. The summed E-state index contributed by atoms with van der Waals surface area (Å²) in [6, 6.07) is 11.5. The van der Waals surface area contributed by atoms with Crippen molar-refractivity contribution in [1.82, 2.24) is 0 Å². The standard InChI is InChI=1S/C18H37.C6H7Si.C5H5.CH3.3ClH.Ti/c1-3-5-7-9-11-13-15-17-18-16-14-12-10-8-6-4-2;7-6-4-2-1-3-5-6;1-2-4-5-3-1;;;;;/h1,3-18H2,2H3;1-5H,7H2;1-3H,4H2;1H3;3*1H;. The third kappa shape index (κ3) is 17.6. The van der Waals surface area contributed by atoms with Crippen molar-refractivity contribution in [3.05, 3.63) is 52.4 Å². The molecule has 0 saturated heterocycles. The summed E-state index contributed by atoms with van der Waals surface area (Å²) in [5.41, 5.74) is 0. The molecule has 0 nitrogen and oxygen atoms in total. The Bertz CT molecular complexity index is 650. The smallest absolute Gasteiger partial charge is 0.147 e. The molecule has 0 bridgehead atoms. The first-order chi connectivity index (χ1) is 15.7. The second-order valence-electron chi connectivity index (χ2n) is 10.6. The van der Waals surface area contributed by atoms with E-state index in [1.165, 1.54) is 109 Å². The fourth-order valence-electron chi connectivity index (χ4n) is 5.37. The van der Waals surface area contributed by atoms with Gasteiger partial charge in [-0.3, -0.25) is 0 Å². The normalized spacial score (nSPS) is 14.2. The van der Waals surface area contributed by atoms with Crippen molar-refractivity contribution in [2.24, 2.45) is 0 Å². The fraction of sp³-hybridized carbons (Fsp3) is 0.667. The Kier molecular flexibility index (Phi) is 26.7. The van der Waals surface area contributed by atoms with Crippen molar-refractivity contribution in [3.63, 3.8) is 0 Å². The minimum Gasteiger partial charge on any atom is -0.147 e. The molecule has 0 aliphatic heterocycles. The number of allylic oxidation sites excluding steroid dienone is 4. The number of unbranched alkanes of at least 4 members (excludes halogenated alkanes) is 15. The van der Waals surface area contributed by atoms with E-state index in [-0.39, 0.29) is 44.6 Å². The van der Waals surface area contributed by atoms with Gasteiger partial charge in [-0.2, -0.15) is 0 Å². The average molecular weight is 598 g/mol. The molecular formula is C30H55Cl3SiTi. The molecular weight excluding hydrogens is 543 g/mol. The van der Waals surface area contributed by atoms with Gasteiger partial charge < -0.3 is 0 Å². The molecule has 35 heavy (non-hydrogen) atoms. The third-order valence-corrected chi connectivity index (χ3v) is 23.4. The van der Waals surface area contributed by atoms with Crippen LogP contribution in [0, 0.1) is 0 Å². The summed E-state index contributed by atoms with van der Waals surface area (Å²) in [7, 11) is -0.110. The topological polar surface area (TPSA) is 0 Å². The van der Waals surface area contributed by atoms with Crippen molar-refractivity contribution in [1.29, 1.82) is 0 Å². The molecule has 2 rings (SSSR count). The molecule has 0 N–H and O–H groups in total. The van der Waals surface area contributed by atoms with E-state index in [4.69, 9.17) is 0 Å². The molecule has 5 heteroatoms. The van der Waals surface area contributed by atoms with Gasteiger partial charge in [-0.05, 0) is 0 Å². The van der Waals surface area contributed by atoms with E-state index in [0.717, 1.165) is 0 Å². The summed E-state index contributed by atoms with van der Waals surface area (Å²) in [6.07, 6.45) is 32.0. The number of halogens is 3. The summed E-state index contributed by atoms with van der Waals surface area (Å²) in [5, 5.41) is 4.46. The summed E-state index contributed by atoms with van der Waals surface area (Å²) in [4.78, 5) is 0. The minimum absolute atomic E-state index is 0. The van der Waals surface area contributed by atoms with Crippen LogP contribution in [0.15, 0.2) is 52.4 Å². The van der Waals surface area contributed by atoms with E-state index in [1.54, 1.807) is 9.91 Å². The first kappa shape index (κ1) is 37.7. The van der Waals surface area contributed by atoms with E-state index < -0.39 is 15.8 Å². The third-order valence-electron chi connectivity index (χ3n) is 7.57. The molecule has 0 fully saturated rings. The molecule has 1 aliphatic carbocycles. The largest absolute Gasteiger partial charge is 0.147 e. The van der Waals surface area contributed by atoms with Gasteiger partial charge in [0.25, 0.3) is 0 Å². The monoisotopic (exact) mass is 596 g/mol. The van der Waals surface area contributed by atoms with Gasteiger partial charge in [-0.25, -0.2) is 0 Å². The van der Waals surface area contributed by atoms with Gasteiger partial charge in [0, 0.05) is 0 Å². The van der Waals surface area contributed by atoms with Gasteiger partial charge >= 0.3 is 168 Å². The zero-order valence-electron chi connectivity index (χ0n) is 22.8. The molecule has 1 atom stereocenters. The van der Waals surface area contributed by atoms with Crippen molar-refractivity contribution in [2.45, 2.75) is 126 Å². The summed E-state index contributed by atoms with van der Waals surface area (Å²) in [6.45, 7) is 2.30. The van der Waals surface area contributed by atoms with Crippen LogP contribution in [0.2, 0.25) is 9.95 Å². The van der Waals surface area contributed by atoms with E-state index in [1.807, 2.05) is 3.88 Å². The maximum Gasteiger partial charge on any atom is -0.147 e. The van der Waals surface area contributed by atoms with Crippen LogP contribution in [0.1, 0.15) is 116 Å². The molecule has 0 spiro atoms. The van der Waals surface area contributed by atoms with Crippen LogP contribution in [0.3, 0.4) is 0 Å². The van der Waals surface area contributed by atoms with Gasteiger partial charge in [-0.1, -0.05) is 39.0 Å². The van der Waals surface area contributed by atoms with Gasteiger partial charge in [-0.15, -0.1) is 37.2 Å². The van der Waals surface area contributed by atoms with Crippen LogP contribution in [0.4, 0.5) is 0 Å². The summed E-state index contributed by atoms with van der Waals surface area (Å²) < 4.78 is 3.47. The van der Waals surface area contributed by atoms with Crippen LogP contribution in [-0.2, 0) is 15.8 Å². The van der Waals surface area contributed by atoms with E-state index in [0.29, 0.717) is 0 Å². The summed E-state index contributed by atoms with van der Waals surface area (Å²) >= 11 is -1.82. The predicted molar refractivity (Wildman–Crippen MR) is 168 cm³/mol. The SMILES string of the molecule is CCCCCCCCCCCCCCCCC[CH2][Ti]([CH3])([SiH2]c1ccccc1)[C]1=CC=CC1.Cl.Cl.Cl. The van der Waals surface area contributed by atoms with Crippen LogP contribution < -0.4 is 5.19 Å².